The minimum absolute atomic E-state index is 0.143. The second kappa shape index (κ2) is 5.68. The van der Waals surface area contributed by atoms with Crippen molar-refractivity contribution < 1.29 is 14.7 Å². The van der Waals surface area contributed by atoms with Gasteiger partial charge >= 0.3 is 5.97 Å². The maximum Gasteiger partial charge on any atom is 0.331 e. The van der Waals surface area contributed by atoms with Crippen molar-refractivity contribution in [2.24, 2.45) is 5.92 Å². The standard InChI is InChI=1S/C12H19NO3/c1-3-9-7-11(14)13(8-9)6-5-10(4-2)12(15)16/h5,9H,3-4,6-8H2,1-2H3,(H,15,16). The molecule has 4 nitrogen and oxygen atoms in total. The van der Waals surface area contributed by atoms with Gasteiger partial charge in [-0.25, -0.2) is 4.79 Å². The van der Waals surface area contributed by atoms with Gasteiger partial charge < -0.3 is 10.0 Å². The van der Waals surface area contributed by atoms with Gasteiger partial charge in [0.05, 0.1) is 0 Å². The summed E-state index contributed by atoms with van der Waals surface area (Å²) in [6.45, 7) is 5.08. The average molecular weight is 225 g/mol. The molecule has 1 aliphatic heterocycles. The molecule has 0 aromatic rings. The monoisotopic (exact) mass is 225 g/mol. The number of carbonyl (C=O) groups is 2. The molecule has 1 heterocycles. The lowest BCUT2D eigenvalue weighted by atomic mass is 10.1. The third-order valence-corrected chi connectivity index (χ3v) is 3.09. The summed E-state index contributed by atoms with van der Waals surface area (Å²) < 4.78 is 0. The lowest BCUT2D eigenvalue weighted by molar-refractivity contribution is -0.133. The van der Waals surface area contributed by atoms with E-state index >= 15 is 0 Å². The number of hydrogen-bond acceptors (Lipinski definition) is 2. The van der Waals surface area contributed by atoms with Gasteiger partial charge in [-0.3, -0.25) is 4.79 Å². The Hall–Kier alpha value is -1.32. The van der Waals surface area contributed by atoms with Gasteiger partial charge in [0.1, 0.15) is 0 Å². The minimum atomic E-state index is -0.888. The summed E-state index contributed by atoms with van der Waals surface area (Å²) in [6.07, 6.45) is 3.76. The molecule has 16 heavy (non-hydrogen) atoms. The largest absolute Gasteiger partial charge is 0.478 e. The maximum absolute atomic E-state index is 11.6. The Kier molecular flexibility index (Phi) is 4.52. The second-order valence-corrected chi connectivity index (χ2v) is 4.17. The number of nitrogens with zero attached hydrogens (tertiary/aromatic N) is 1. The van der Waals surface area contributed by atoms with Gasteiger partial charge in [-0.15, -0.1) is 0 Å². The number of carboxylic acid groups (broad SMARTS) is 1. The van der Waals surface area contributed by atoms with Crippen LogP contribution in [0, 0.1) is 5.92 Å². The summed E-state index contributed by atoms with van der Waals surface area (Å²) in [5.41, 5.74) is 0.382. The molecule has 1 atom stereocenters. The van der Waals surface area contributed by atoms with E-state index in [1.165, 1.54) is 0 Å². The molecule has 0 aliphatic carbocycles. The minimum Gasteiger partial charge on any atom is -0.478 e. The first-order chi connectivity index (χ1) is 7.58. The van der Waals surface area contributed by atoms with Crippen LogP contribution in [0.4, 0.5) is 0 Å². The van der Waals surface area contributed by atoms with Crippen LogP contribution in [0.3, 0.4) is 0 Å². The molecule has 4 heteroatoms. The van der Waals surface area contributed by atoms with Gasteiger partial charge in [0.25, 0.3) is 0 Å². The van der Waals surface area contributed by atoms with E-state index in [9.17, 15) is 9.59 Å². The van der Waals surface area contributed by atoms with Gasteiger partial charge in [-0.05, 0) is 12.3 Å². The van der Waals surface area contributed by atoms with Crippen molar-refractivity contribution in [2.75, 3.05) is 13.1 Å². The zero-order chi connectivity index (χ0) is 12.1. The number of rotatable bonds is 5. The number of carbonyl (C=O) groups excluding carboxylic acids is 1. The van der Waals surface area contributed by atoms with Crippen LogP contribution in [0.1, 0.15) is 33.1 Å². The SMILES string of the molecule is CCC(=CCN1CC(CC)CC1=O)C(=O)O. The van der Waals surface area contributed by atoms with Crippen molar-refractivity contribution in [1.29, 1.82) is 0 Å². The predicted octanol–water partition coefficient (Wildman–Crippen LogP) is 1.67. The van der Waals surface area contributed by atoms with Crippen molar-refractivity contribution in [3.8, 4) is 0 Å². The molecule has 90 valence electrons. The van der Waals surface area contributed by atoms with Gasteiger partial charge in [-0.1, -0.05) is 26.3 Å². The fourth-order valence-corrected chi connectivity index (χ4v) is 1.91. The number of likely N-dealkylation sites (tertiary alicyclic amines) is 1. The highest BCUT2D eigenvalue weighted by atomic mass is 16.4. The molecule has 1 aliphatic rings. The molecule has 0 aromatic heterocycles. The average Bonchev–Trinajstić information content (AvgIpc) is 2.60. The lowest BCUT2D eigenvalue weighted by Crippen LogP contribution is -2.25. The van der Waals surface area contributed by atoms with E-state index < -0.39 is 5.97 Å². The van der Waals surface area contributed by atoms with Crippen LogP contribution in [0.5, 0.6) is 0 Å². The maximum atomic E-state index is 11.6. The molecular weight excluding hydrogens is 206 g/mol. The summed E-state index contributed by atoms with van der Waals surface area (Å²) in [7, 11) is 0. The summed E-state index contributed by atoms with van der Waals surface area (Å²) >= 11 is 0. The second-order valence-electron chi connectivity index (χ2n) is 4.17. The van der Waals surface area contributed by atoms with Crippen LogP contribution in [0.2, 0.25) is 0 Å². The van der Waals surface area contributed by atoms with Gasteiger partial charge in [0, 0.05) is 25.1 Å². The number of carboxylic acids is 1. The highest BCUT2D eigenvalue weighted by Crippen LogP contribution is 2.20. The van der Waals surface area contributed by atoms with Gasteiger partial charge in [0.15, 0.2) is 0 Å². The van der Waals surface area contributed by atoms with E-state index in [1.54, 1.807) is 17.9 Å². The van der Waals surface area contributed by atoms with Gasteiger partial charge in [-0.2, -0.15) is 0 Å². The van der Waals surface area contributed by atoms with Crippen molar-refractivity contribution in [3.63, 3.8) is 0 Å². The van der Waals surface area contributed by atoms with Crippen molar-refractivity contribution in [3.05, 3.63) is 11.6 Å². The molecule has 0 spiro atoms. The molecule has 0 radical (unpaired) electrons. The van der Waals surface area contributed by atoms with E-state index in [1.807, 2.05) is 0 Å². The third kappa shape index (κ3) is 3.08. The summed E-state index contributed by atoms with van der Waals surface area (Å²) in [4.78, 5) is 24.1. The molecule has 0 saturated carbocycles. The lowest BCUT2D eigenvalue weighted by Gasteiger charge is -2.14. The first kappa shape index (κ1) is 12.7. The Balaban J connectivity index is 2.55. The first-order valence-corrected chi connectivity index (χ1v) is 5.78. The van der Waals surface area contributed by atoms with Crippen LogP contribution in [0.25, 0.3) is 0 Å². The topological polar surface area (TPSA) is 57.6 Å². The number of hydrogen-bond donors (Lipinski definition) is 1. The highest BCUT2D eigenvalue weighted by Gasteiger charge is 2.27. The molecule has 1 unspecified atom stereocenters. The Labute approximate surface area is 95.9 Å². The summed E-state index contributed by atoms with van der Waals surface area (Å²) in [5, 5.41) is 8.84. The Morgan fingerprint density at radius 1 is 1.56 bits per heavy atom. The Bertz CT molecular complexity index is 309. The quantitative estimate of drug-likeness (QED) is 0.724. The van der Waals surface area contributed by atoms with E-state index in [4.69, 9.17) is 5.11 Å². The molecule has 1 rings (SSSR count). The summed E-state index contributed by atoms with van der Waals surface area (Å²) in [6, 6.07) is 0. The fraction of sp³-hybridized carbons (Fsp3) is 0.667. The van der Waals surface area contributed by atoms with Crippen LogP contribution >= 0.6 is 0 Å². The van der Waals surface area contributed by atoms with E-state index in [0.29, 0.717) is 30.9 Å². The van der Waals surface area contributed by atoms with Crippen LogP contribution < -0.4 is 0 Å². The summed E-state index contributed by atoms with van der Waals surface area (Å²) in [5.74, 6) is -0.305. The van der Waals surface area contributed by atoms with E-state index in [2.05, 4.69) is 6.92 Å². The molecule has 1 amide bonds. The number of aliphatic carboxylic acids is 1. The molecule has 1 N–H and O–H groups in total. The van der Waals surface area contributed by atoms with Crippen LogP contribution in [-0.4, -0.2) is 35.0 Å². The third-order valence-electron chi connectivity index (χ3n) is 3.09. The molecule has 1 fully saturated rings. The van der Waals surface area contributed by atoms with E-state index in [-0.39, 0.29) is 5.91 Å². The van der Waals surface area contributed by atoms with E-state index in [0.717, 1.165) is 13.0 Å². The van der Waals surface area contributed by atoms with Crippen LogP contribution in [0.15, 0.2) is 11.6 Å². The predicted molar refractivity (Wildman–Crippen MR) is 61.0 cm³/mol. The van der Waals surface area contributed by atoms with Gasteiger partial charge in [0.2, 0.25) is 5.91 Å². The Morgan fingerprint density at radius 3 is 2.69 bits per heavy atom. The smallest absolute Gasteiger partial charge is 0.331 e. The zero-order valence-corrected chi connectivity index (χ0v) is 9.90. The Morgan fingerprint density at radius 2 is 2.25 bits per heavy atom. The normalized spacial score (nSPS) is 21.6. The zero-order valence-electron chi connectivity index (χ0n) is 9.90. The number of amides is 1. The molecule has 1 saturated heterocycles. The van der Waals surface area contributed by atoms with Crippen LogP contribution in [-0.2, 0) is 9.59 Å². The fourth-order valence-electron chi connectivity index (χ4n) is 1.91. The first-order valence-electron chi connectivity index (χ1n) is 5.78. The molecule has 0 aromatic carbocycles. The molecule has 0 bridgehead atoms. The van der Waals surface area contributed by atoms with Crippen molar-refractivity contribution >= 4 is 11.9 Å². The van der Waals surface area contributed by atoms with Crippen molar-refractivity contribution in [2.45, 2.75) is 33.1 Å². The van der Waals surface area contributed by atoms with Crippen molar-refractivity contribution in [1.82, 2.24) is 4.90 Å². The molecular formula is C12H19NO3. The highest BCUT2D eigenvalue weighted by molar-refractivity contribution is 5.86.